The highest BCUT2D eigenvalue weighted by Crippen LogP contribution is 2.20. The predicted molar refractivity (Wildman–Crippen MR) is 75.8 cm³/mol. The van der Waals surface area contributed by atoms with Gasteiger partial charge in [-0.05, 0) is 26.0 Å². The van der Waals surface area contributed by atoms with Crippen LogP contribution in [0.2, 0.25) is 0 Å². The van der Waals surface area contributed by atoms with Crippen LogP contribution in [0.4, 0.5) is 5.69 Å². The van der Waals surface area contributed by atoms with Crippen molar-refractivity contribution in [1.29, 1.82) is 5.26 Å². The van der Waals surface area contributed by atoms with E-state index in [1.165, 1.54) is 8.61 Å². The lowest BCUT2D eigenvalue weighted by atomic mass is 10.3. The van der Waals surface area contributed by atoms with Crippen molar-refractivity contribution in [3.8, 4) is 6.07 Å². The minimum absolute atomic E-state index is 0.140. The quantitative estimate of drug-likeness (QED) is 0.801. The third-order valence-corrected chi connectivity index (χ3v) is 4.94. The van der Waals surface area contributed by atoms with Crippen LogP contribution in [0.3, 0.4) is 0 Å². The summed E-state index contributed by atoms with van der Waals surface area (Å²) in [4.78, 5) is 0. The van der Waals surface area contributed by atoms with Crippen molar-refractivity contribution in [2.24, 2.45) is 0 Å². The molecule has 0 atom stereocenters. The largest absolute Gasteiger partial charge is 0.304 e. The monoisotopic (exact) mass is 281 g/mol. The average molecular weight is 281 g/mol. The van der Waals surface area contributed by atoms with Gasteiger partial charge in [0.15, 0.2) is 0 Å². The molecule has 0 amide bonds. The molecule has 0 unspecified atom stereocenters. The molecule has 0 aliphatic rings. The summed E-state index contributed by atoms with van der Waals surface area (Å²) < 4.78 is 27.6. The highest BCUT2D eigenvalue weighted by Gasteiger charge is 2.28. The SMILES string of the molecule is CC(C)N(C)S(=O)(=O)N(CCC#N)c1ccccc1. The first kappa shape index (κ1) is 15.5. The lowest BCUT2D eigenvalue weighted by Gasteiger charge is -2.30. The molecule has 1 aromatic carbocycles. The Morgan fingerprint density at radius 3 is 2.32 bits per heavy atom. The number of nitrogens with zero attached hydrogens (tertiary/aromatic N) is 3. The second-order valence-corrected chi connectivity index (χ2v) is 6.35. The molecule has 0 spiro atoms. The lowest BCUT2D eigenvalue weighted by molar-refractivity contribution is 0.408. The Bertz CT molecular complexity index is 535. The van der Waals surface area contributed by atoms with E-state index in [2.05, 4.69) is 0 Å². The molecule has 104 valence electrons. The highest BCUT2D eigenvalue weighted by molar-refractivity contribution is 7.90. The van der Waals surface area contributed by atoms with Crippen LogP contribution in [0.25, 0.3) is 0 Å². The fourth-order valence-corrected chi connectivity index (χ4v) is 3.10. The topological polar surface area (TPSA) is 64.4 Å². The summed E-state index contributed by atoms with van der Waals surface area (Å²) in [5.74, 6) is 0. The summed E-state index contributed by atoms with van der Waals surface area (Å²) in [6, 6.07) is 10.7. The number of para-hydroxylation sites is 1. The van der Waals surface area contributed by atoms with Gasteiger partial charge >= 0.3 is 10.2 Å². The van der Waals surface area contributed by atoms with Crippen LogP contribution in [0.15, 0.2) is 30.3 Å². The van der Waals surface area contributed by atoms with Crippen LogP contribution in [0.5, 0.6) is 0 Å². The molecule has 6 heteroatoms. The molecule has 0 radical (unpaired) electrons. The summed E-state index contributed by atoms with van der Waals surface area (Å²) in [6.45, 7) is 3.77. The van der Waals surface area contributed by atoms with E-state index in [0.717, 1.165) is 0 Å². The van der Waals surface area contributed by atoms with Gasteiger partial charge in [0.2, 0.25) is 0 Å². The maximum atomic E-state index is 12.5. The van der Waals surface area contributed by atoms with Gasteiger partial charge < -0.3 is 0 Å². The molecule has 0 aliphatic heterocycles. The van der Waals surface area contributed by atoms with Gasteiger partial charge in [-0.2, -0.15) is 18.0 Å². The lowest BCUT2D eigenvalue weighted by Crippen LogP contribution is -2.45. The van der Waals surface area contributed by atoms with Crippen molar-refractivity contribution in [2.75, 3.05) is 17.9 Å². The van der Waals surface area contributed by atoms with Gasteiger partial charge in [0.05, 0.1) is 18.2 Å². The maximum Gasteiger partial charge on any atom is 0.304 e. The molecule has 1 aromatic rings. The molecular formula is C13H19N3O2S. The molecular weight excluding hydrogens is 262 g/mol. The van der Waals surface area contributed by atoms with Crippen LogP contribution in [0.1, 0.15) is 20.3 Å². The van der Waals surface area contributed by atoms with Gasteiger partial charge in [0.1, 0.15) is 0 Å². The van der Waals surface area contributed by atoms with Gasteiger partial charge in [-0.15, -0.1) is 0 Å². The van der Waals surface area contributed by atoms with E-state index in [-0.39, 0.29) is 19.0 Å². The molecule has 0 N–H and O–H groups in total. The van der Waals surface area contributed by atoms with Crippen molar-refractivity contribution >= 4 is 15.9 Å². The molecule has 0 saturated heterocycles. The van der Waals surface area contributed by atoms with Crippen molar-refractivity contribution in [2.45, 2.75) is 26.3 Å². The standard InChI is InChI=1S/C13H19N3O2S/c1-12(2)15(3)19(17,18)16(11-7-10-14)13-8-5-4-6-9-13/h4-6,8-9,12H,7,11H2,1-3H3. The second kappa shape index (κ2) is 6.55. The minimum atomic E-state index is -3.61. The van der Waals surface area contributed by atoms with Gasteiger partial charge in [-0.25, -0.2) is 0 Å². The number of benzene rings is 1. The molecule has 19 heavy (non-hydrogen) atoms. The molecule has 1 rings (SSSR count). The van der Waals surface area contributed by atoms with Gasteiger partial charge in [0.25, 0.3) is 0 Å². The number of hydrogen-bond donors (Lipinski definition) is 0. The Morgan fingerprint density at radius 1 is 1.26 bits per heavy atom. The fraction of sp³-hybridized carbons (Fsp3) is 0.462. The zero-order chi connectivity index (χ0) is 14.5. The second-order valence-electron chi connectivity index (χ2n) is 4.43. The third kappa shape index (κ3) is 3.69. The zero-order valence-corrected chi connectivity index (χ0v) is 12.3. The Hall–Kier alpha value is -1.58. The number of nitriles is 1. The minimum Gasteiger partial charge on any atom is -0.257 e. The molecule has 0 bridgehead atoms. The number of rotatable bonds is 6. The fourth-order valence-electron chi connectivity index (χ4n) is 1.55. The summed E-state index contributed by atoms with van der Waals surface area (Å²) in [5.41, 5.74) is 0.574. The van der Waals surface area contributed by atoms with E-state index in [1.54, 1.807) is 31.3 Å². The van der Waals surface area contributed by atoms with Gasteiger partial charge in [-0.1, -0.05) is 18.2 Å². The van der Waals surface area contributed by atoms with Crippen LogP contribution in [-0.4, -0.2) is 32.4 Å². The number of anilines is 1. The Kier molecular flexibility index (Phi) is 5.33. The van der Waals surface area contributed by atoms with Gasteiger partial charge in [0, 0.05) is 19.6 Å². The molecule has 0 heterocycles. The van der Waals surface area contributed by atoms with Crippen molar-refractivity contribution in [3.63, 3.8) is 0 Å². The van der Waals surface area contributed by atoms with Crippen molar-refractivity contribution in [1.82, 2.24) is 4.31 Å². The Morgan fingerprint density at radius 2 is 1.84 bits per heavy atom. The Labute approximate surface area is 115 Å². The summed E-state index contributed by atoms with van der Waals surface area (Å²) in [7, 11) is -2.07. The summed E-state index contributed by atoms with van der Waals surface area (Å²) in [6.07, 6.45) is 0.153. The number of hydrogen-bond acceptors (Lipinski definition) is 3. The van der Waals surface area contributed by atoms with Crippen LogP contribution < -0.4 is 4.31 Å². The summed E-state index contributed by atoms with van der Waals surface area (Å²) >= 11 is 0. The smallest absolute Gasteiger partial charge is 0.257 e. The third-order valence-electron chi connectivity index (χ3n) is 2.84. The highest BCUT2D eigenvalue weighted by atomic mass is 32.2. The average Bonchev–Trinajstić information content (AvgIpc) is 2.39. The first-order valence-electron chi connectivity index (χ1n) is 6.09. The van der Waals surface area contributed by atoms with Gasteiger partial charge in [-0.3, -0.25) is 4.31 Å². The van der Waals surface area contributed by atoms with Crippen molar-refractivity contribution in [3.05, 3.63) is 30.3 Å². The van der Waals surface area contributed by atoms with E-state index in [1.807, 2.05) is 26.0 Å². The van der Waals surface area contributed by atoms with Crippen LogP contribution in [-0.2, 0) is 10.2 Å². The van der Waals surface area contributed by atoms with Crippen LogP contribution in [0, 0.1) is 11.3 Å². The van der Waals surface area contributed by atoms with E-state index in [9.17, 15) is 8.42 Å². The van der Waals surface area contributed by atoms with Crippen LogP contribution >= 0.6 is 0 Å². The maximum absolute atomic E-state index is 12.5. The van der Waals surface area contributed by atoms with Crippen molar-refractivity contribution < 1.29 is 8.42 Å². The molecule has 0 saturated carbocycles. The molecule has 0 aliphatic carbocycles. The summed E-state index contributed by atoms with van der Waals surface area (Å²) in [5, 5.41) is 8.69. The first-order chi connectivity index (χ1) is 8.91. The van der Waals surface area contributed by atoms with E-state index >= 15 is 0 Å². The first-order valence-corrected chi connectivity index (χ1v) is 7.48. The van der Waals surface area contributed by atoms with E-state index < -0.39 is 10.2 Å². The van der Waals surface area contributed by atoms with E-state index in [4.69, 9.17) is 5.26 Å². The normalized spacial score (nSPS) is 11.6. The molecule has 5 nitrogen and oxygen atoms in total. The molecule has 0 fully saturated rings. The zero-order valence-electron chi connectivity index (χ0n) is 11.4. The predicted octanol–water partition coefficient (Wildman–Crippen LogP) is 1.99. The Balaban J connectivity index is 3.15. The molecule has 0 aromatic heterocycles. The van der Waals surface area contributed by atoms with E-state index in [0.29, 0.717) is 5.69 Å².